The van der Waals surface area contributed by atoms with Crippen LogP contribution in [0.1, 0.15) is 118 Å². The number of nitrogens with two attached hydrogens (primary N) is 1. The minimum Gasteiger partial charge on any atom is -0.379 e. The van der Waals surface area contributed by atoms with Crippen LogP contribution in [-0.2, 0) is 59.0 Å². The number of likely N-dealkylation sites (tertiary alicyclic amines) is 1. The molecule has 21 nitrogen and oxygen atoms in total. The molecule has 2 aromatic rings. The molecule has 0 aliphatic carbocycles. The van der Waals surface area contributed by atoms with Crippen molar-refractivity contribution in [2.24, 2.45) is 29.4 Å². The van der Waals surface area contributed by atoms with Gasteiger partial charge in [-0.1, -0.05) is 79.5 Å². The number of benzene rings is 1. The predicted octanol–water partition coefficient (Wildman–Crippen LogP) is 3.11. The van der Waals surface area contributed by atoms with Gasteiger partial charge in [0.05, 0.1) is 42.7 Å². The third-order valence-electron chi connectivity index (χ3n) is 15.1. The topological polar surface area (TPSA) is 275 Å². The fourth-order valence-electron chi connectivity index (χ4n) is 10.6. The number of unbranched alkanes of at least 4 members (excludes halogenated alkanes) is 2. The average molecular weight is 1060 g/mol. The fraction of sp³-hybridized carbons (Fsp3) is 0.655. The van der Waals surface area contributed by atoms with Gasteiger partial charge in [-0.15, -0.1) is 0 Å². The van der Waals surface area contributed by atoms with Gasteiger partial charge in [0.15, 0.2) is 0 Å². The molecule has 2 aliphatic heterocycles. The number of amides is 9. The zero-order valence-corrected chi connectivity index (χ0v) is 46.6. The minimum atomic E-state index is -0.986. The molecule has 0 spiro atoms. The molecule has 7 N–H and O–H groups in total. The standard InChI is InChI=1S/C55H86N10O11/c1-12-35(6)50(42(75-10)31-47(70)64-29-18-22-41(64)51(76-11)36(7)53(72)58-40(52(56)71)30-37-32-57-39-21-16-15-20-38(37)39)63(9)55(74)48(33(2)3)59-54(73)49(34(4)5)62(8)27-19-24-44(67)61-60-43(66)23-14-13-17-28-65-45(68)25-26-46(65)69/h15-16,20-21,25-26,32-36,40-42,48-51,57H,12-14,17-19,22-24,27-31H2,1-11H3,(H2,56,71)(H,58,72)(H,59,73)(H,60,66)(H,61,67)/t35?,36?,40?,41-,42?,48?,49?,50?,51?/m0/s1. The summed E-state index contributed by atoms with van der Waals surface area (Å²) in [6.45, 7) is 14.3. The summed E-state index contributed by atoms with van der Waals surface area (Å²) in [6.07, 6.45) is 7.16. The Labute approximate surface area is 448 Å². The molecule has 1 aromatic heterocycles. The highest BCUT2D eigenvalue weighted by Gasteiger charge is 2.44. The Morgan fingerprint density at radius 1 is 0.829 bits per heavy atom. The van der Waals surface area contributed by atoms with Crippen LogP contribution < -0.4 is 27.2 Å². The van der Waals surface area contributed by atoms with Crippen LogP contribution in [0.3, 0.4) is 0 Å². The van der Waals surface area contributed by atoms with Crippen molar-refractivity contribution in [3.63, 3.8) is 0 Å². The van der Waals surface area contributed by atoms with Gasteiger partial charge < -0.3 is 40.6 Å². The van der Waals surface area contributed by atoms with Gasteiger partial charge in [-0.05, 0) is 75.1 Å². The Balaban J connectivity index is 1.33. The number of hydrogen-bond donors (Lipinski definition) is 6. The third kappa shape index (κ3) is 16.9. The van der Waals surface area contributed by atoms with Crippen molar-refractivity contribution in [1.82, 2.24) is 46.1 Å². The molecule has 1 saturated heterocycles. The Hall–Kier alpha value is -6.19. The molecule has 2 aliphatic rings. The first-order valence-corrected chi connectivity index (χ1v) is 26.9. The lowest BCUT2D eigenvalue weighted by Gasteiger charge is -2.41. The number of imide groups is 1. The van der Waals surface area contributed by atoms with E-state index < -0.39 is 66.1 Å². The van der Waals surface area contributed by atoms with E-state index in [9.17, 15) is 43.2 Å². The maximum atomic E-state index is 14.7. The number of likely N-dealkylation sites (N-methyl/N-ethyl adjacent to an activating group) is 2. The number of ether oxygens (including phenoxy) is 2. The Bertz CT molecular complexity index is 2340. The zero-order valence-electron chi connectivity index (χ0n) is 46.6. The van der Waals surface area contributed by atoms with Crippen molar-refractivity contribution in [2.45, 2.75) is 162 Å². The number of aromatic nitrogens is 1. The lowest BCUT2D eigenvalue weighted by molar-refractivity contribution is -0.148. The monoisotopic (exact) mass is 1060 g/mol. The van der Waals surface area contributed by atoms with Gasteiger partial charge in [0, 0.05) is 82.9 Å². The highest BCUT2D eigenvalue weighted by molar-refractivity contribution is 6.12. The number of aromatic amines is 1. The van der Waals surface area contributed by atoms with Crippen molar-refractivity contribution in [1.29, 1.82) is 0 Å². The van der Waals surface area contributed by atoms with E-state index >= 15 is 0 Å². The van der Waals surface area contributed by atoms with Gasteiger partial charge in [0.1, 0.15) is 12.1 Å². The Morgan fingerprint density at radius 3 is 2.07 bits per heavy atom. The summed E-state index contributed by atoms with van der Waals surface area (Å²) in [5, 5.41) is 6.81. The lowest BCUT2D eigenvalue weighted by Crippen LogP contribution is -2.60. The van der Waals surface area contributed by atoms with Gasteiger partial charge >= 0.3 is 0 Å². The zero-order chi connectivity index (χ0) is 56.4. The molecule has 0 bridgehead atoms. The quantitative estimate of drug-likeness (QED) is 0.0361. The van der Waals surface area contributed by atoms with Gasteiger partial charge in [-0.2, -0.15) is 0 Å². The number of nitrogens with one attached hydrogen (secondary N) is 5. The molecule has 1 fully saturated rings. The summed E-state index contributed by atoms with van der Waals surface area (Å²) in [5.41, 5.74) is 12.4. The van der Waals surface area contributed by atoms with E-state index in [1.807, 2.05) is 70.7 Å². The highest BCUT2D eigenvalue weighted by atomic mass is 16.5. The van der Waals surface area contributed by atoms with Crippen LogP contribution in [0.25, 0.3) is 10.9 Å². The molecule has 9 atom stereocenters. The smallest absolute Gasteiger partial charge is 0.253 e. The fourth-order valence-corrected chi connectivity index (χ4v) is 10.6. The van der Waals surface area contributed by atoms with Crippen LogP contribution in [0.4, 0.5) is 0 Å². The van der Waals surface area contributed by atoms with Crippen LogP contribution in [0.2, 0.25) is 0 Å². The van der Waals surface area contributed by atoms with E-state index in [2.05, 4.69) is 26.5 Å². The van der Waals surface area contributed by atoms with E-state index in [1.54, 1.807) is 37.0 Å². The number of carbonyl (C=O) groups excluding carboxylic acids is 9. The summed E-state index contributed by atoms with van der Waals surface area (Å²) in [4.78, 5) is 128. The van der Waals surface area contributed by atoms with Crippen molar-refractivity contribution in [3.8, 4) is 0 Å². The number of methoxy groups -OCH3 is 2. The molecular weight excluding hydrogens is 977 g/mol. The number of nitrogens with zero attached hydrogens (tertiary/aromatic N) is 4. The molecule has 0 saturated carbocycles. The van der Waals surface area contributed by atoms with Crippen LogP contribution in [-0.4, -0.2) is 168 Å². The molecular formula is C55H86N10O11. The van der Waals surface area contributed by atoms with E-state index in [0.29, 0.717) is 58.0 Å². The number of rotatable bonds is 31. The van der Waals surface area contributed by atoms with Crippen LogP contribution in [0.15, 0.2) is 42.6 Å². The van der Waals surface area contributed by atoms with Gasteiger partial charge in [0.2, 0.25) is 41.4 Å². The molecule has 21 heteroatoms. The molecule has 4 rings (SSSR count). The summed E-state index contributed by atoms with van der Waals surface area (Å²) >= 11 is 0. The second kappa shape index (κ2) is 29.9. The van der Waals surface area contributed by atoms with Crippen LogP contribution in [0.5, 0.6) is 0 Å². The van der Waals surface area contributed by atoms with Crippen LogP contribution >= 0.6 is 0 Å². The van der Waals surface area contributed by atoms with Gasteiger partial charge in [-0.25, -0.2) is 0 Å². The summed E-state index contributed by atoms with van der Waals surface area (Å²) in [5.74, 6) is -4.83. The van der Waals surface area contributed by atoms with Crippen LogP contribution in [0, 0.1) is 23.7 Å². The number of fused-ring (bicyclic) bond motifs is 1. The Morgan fingerprint density at radius 2 is 1.47 bits per heavy atom. The van der Waals surface area contributed by atoms with E-state index in [0.717, 1.165) is 21.4 Å². The minimum absolute atomic E-state index is 0.0680. The maximum absolute atomic E-state index is 14.7. The number of hydrazine groups is 1. The molecule has 1 aromatic carbocycles. The molecule has 8 unspecified atom stereocenters. The molecule has 422 valence electrons. The largest absolute Gasteiger partial charge is 0.379 e. The first-order chi connectivity index (χ1) is 36.1. The average Bonchev–Trinajstić information content (AvgIpc) is 4.12. The molecule has 9 amide bonds. The summed E-state index contributed by atoms with van der Waals surface area (Å²) < 4.78 is 12.0. The molecule has 76 heavy (non-hydrogen) atoms. The number of hydrogen-bond acceptors (Lipinski definition) is 12. The number of H-pyrrole nitrogens is 1. The second-order valence-corrected chi connectivity index (χ2v) is 21.2. The van der Waals surface area contributed by atoms with Crippen molar-refractivity contribution < 1.29 is 52.6 Å². The Kier molecular flexibility index (Phi) is 24.6. The molecule has 3 heterocycles. The predicted molar refractivity (Wildman–Crippen MR) is 287 cm³/mol. The van der Waals surface area contributed by atoms with Crippen molar-refractivity contribution >= 4 is 64.1 Å². The summed E-state index contributed by atoms with van der Waals surface area (Å²) in [6, 6.07) is 4.06. The van der Waals surface area contributed by atoms with E-state index in [-0.39, 0.29) is 85.4 Å². The number of primary amides is 1. The maximum Gasteiger partial charge on any atom is 0.253 e. The lowest BCUT2D eigenvalue weighted by atomic mass is 9.89. The van der Waals surface area contributed by atoms with Crippen molar-refractivity contribution in [3.05, 3.63) is 48.2 Å². The molecule has 0 radical (unpaired) electrons. The second-order valence-electron chi connectivity index (χ2n) is 21.2. The highest BCUT2D eigenvalue weighted by Crippen LogP contribution is 2.30. The first kappa shape index (κ1) is 62.4. The normalized spacial score (nSPS) is 17.8. The van der Waals surface area contributed by atoms with E-state index in [1.165, 1.54) is 26.4 Å². The number of carbonyl (C=O) groups is 9. The van der Waals surface area contributed by atoms with Gasteiger partial charge in [0.25, 0.3) is 11.8 Å². The summed E-state index contributed by atoms with van der Waals surface area (Å²) in [7, 11) is 6.48. The van der Waals surface area contributed by atoms with E-state index in [4.69, 9.17) is 15.2 Å². The van der Waals surface area contributed by atoms with Gasteiger partial charge in [-0.3, -0.25) is 63.8 Å². The third-order valence-corrected chi connectivity index (χ3v) is 15.1. The first-order valence-electron chi connectivity index (χ1n) is 26.9. The SMILES string of the molecule is CCC(C)C(C(CC(=O)N1CCC[C@H]1C(OC)C(C)C(=O)NC(Cc1c[nH]c2ccccc12)C(N)=O)OC)N(C)C(=O)C(NC(=O)C(C(C)C)N(C)CCCC(=O)NNC(=O)CCCCCN1C(=O)C=CC1=O)C(C)C. The van der Waals surface area contributed by atoms with Crippen molar-refractivity contribution in [2.75, 3.05) is 47.9 Å². The number of para-hydroxylation sites is 1.